The Morgan fingerprint density at radius 3 is 3.12 bits per heavy atom. The summed E-state index contributed by atoms with van der Waals surface area (Å²) in [5.41, 5.74) is 0. The highest BCUT2D eigenvalue weighted by molar-refractivity contribution is 4.92. The molecule has 2 heteroatoms. The maximum atomic E-state index is 3.48. The van der Waals surface area contributed by atoms with Gasteiger partial charge in [-0.2, -0.15) is 0 Å². The largest absolute Gasteiger partial charge is 0.298 e. The molecule has 2 aliphatic rings. The molecule has 0 aromatic carbocycles. The molecule has 0 bridgehead atoms. The second kappa shape index (κ2) is 1.45. The Balaban J connectivity index is 1.93. The highest BCUT2D eigenvalue weighted by Gasteiger charge is 2.37. The average molecular weight is 112 g/mol. The van der Waals surface area contributed by atoms with Gasteiger partial charge in [-0.05, 0) is 13.3 Å². The fourth-order valence-corrected chi connectivity index (χ4v) is 1.35. The quantitative estimate of drug-likeness (QED) is 0.444. The summed E-state index contributed by atoms with van der Waals surface area (Å²) in [4.78, 5) is 2.46. The topological polar surface area (TPSA) is 15.0 Å². The fraction of sp³-hybridized carbons (Fsp3) is 1.00. The van der Waals surface area contributed by atoms with E-state index in [0.29, 0.717) is 0 Å². The molecule has 0 saturated carbocycles. The van der Waals surface area contributed by atoms with E-state index in [2.05, 4.69) is 17.1 Å². The van der Waals surface area contributed by atoms with Crippen molar-refractivity contribution in [2.45, 2.75) is 25.6 Å². The first-order valence-corrected chi connectivity index (χ1v) is 3.36. The molecule has 2 heterocycles. The van der Waals surface area contributed by atoms with E-state index in [9.17, 15) is 0 Å². The van der Waals surface area contributed by atoms with Gasteiger partial charge in [-0.25, -0.2) is 0 Å². The summed E-state index contributed by atoms with van der Waals surface area (Å²) in [5.74, 6) is 0. The molecule has 2 saturated heterocycles. The number of nitrogens with one attached hydrogen (secondary N) is 1. The number of hydrogen-bond acceptors (Lipinski definition) is 2. The van der Waals surface area contributed by atoms with Gasteiger partial charge in [0, 0.05) is 19.1 Å². The molecule has 8 heavy (non-hydrogen) atoms. The summed E-state index contributed by atoms with van der Waals surface area (Å²) < 4.78 is 0. The van der Waals surface area contributed by atoms with Crippen molar-refractivity contribution >= 4 is 0 Å². The molecule has 2 nitrogen and oxygen atoms in total. The molecular weight excluding hydrogens is 100 g/mol. The molecule has 2 rings (SSSR count). The highest BCUT2D eigenvalue weighted by Crippen LogP contribution is 2.20. The molecule has 2 fully saturated rings. The van der Waals surface area contributed by atoms with Gasteiger partial charge in [-0.15, -0.1) is 0 Å². The van der Waals surface area contributed by atoms with Crippen molar-refractivity contribution in [3.63, 3.8) is 0 Å². The molecule has 0 spiro atoms. The van der Waals surface area contributed by atoms with E-state index >= 15 is 0 Å². The second-order valence-electron chi connectivity index (χ2n) is 2.87. The van der Waals surface area contributed by atoms with Gasteiger partial charge >= 0.3 is 0 Å². The van der Waals surface area contributed by atoms with Crippen molar-refractivity contribution in [3.05, 3.63) is 0 Å². The van der Waals surface area contributed by atoms with Crippen molar-refractivity contribution in [3.8, 4) is 0 Å². The second-order valence-corrected chi connectivity index (χ2v) is 2.87. The summed E-state index contributed by atoms with van der Waals surface area (Å²) in [7, 11) is 0. The molecule has 2 aliphatic heterocycles. The zero-order valence-corrected chi connectivity index (χ0v) is 5.22. The van der Waals surface area contributed by atoms with Gasteiger partial charge in [-0.3, -0.25) is 10.2 Å². The normalized spacial score (nSPS) is 52.9. The van der Waals surface area contributed by atoms with Crippen molar-refractivity contribution in [2.24, 2.45) is 0 Å². The third-order valence-corrected chi connectivity index (χ3v) is 2.04. The number of fused-ring (bicyclic) bond motifs is 1. The van der Waals surface area contributed by atoms with Gasteiger partial charge in [0.25, 0.3) is 0 Å². The van der Waals surface area contributed by atoms with Crippen LogP contribution < -0.4 is 5.32 Å². The number of hydrogen-bond donors (Lipinski definition) is 1. The molecule has 0 amide bonds. The minimum absolute atomic E-state index is 0.763. The molecular formula is C6H12N2. The first-order valence-electron chi connectivity index (χ1n) is 3.36. The van der Waals surface area contributed by atoms with Crippen LogP contribution in [-0.2, 0) is 0 Å². The van der Waals surface area contributed by atoms with Gasteiger partial charge in [0.1, 0.15) is 0 Å². The van der Waals surface area contributed by atoms with Crippen LogP contribution in [0.25, 0.3) is 0 Å². The van der Waals surface area contributed by atoms with Crippen LogP contribution in [0.2, 0.25) is 0 Å². The summed E-state index contributed by atoms with van der Waals surface area (Å²) >= 11 is 0. The van der Waals surface area contributed by atoms with Gasteiger partial charge in [0.05, 0.1) is 6.17 Å². The monoisotopic (exact) mass is 112 g/mol. The molecule has 3 atom stereocenters. The zero-order chi connectivity index (χ0) is 5.56. The van der Waals surface area contributed by atoms with Crippen LogP contribution in [0.5, 0.6) is 0 Å². The lowest BCUT2D eigenvalue weighted by molar-refractivity contribution is 0.336. The van der Waals surface area contributed by atoms with Gasteiger partial charge in [0.2, 0.25) is 0 Å². The summed E-state index contributed by atoms with van der Waals surface area (Å²) in [6, 6.07) is 0.763. The van der Waals surface area contributed by atoms with E-state index in [1.165, 1.54) is 19.5 Å². The van der Waals surface area contributed by atoms with Gasteiger partial charge < -0.3 is 0 Å². The van der Waals surface area contributed by atoms with Crippen molar-refractivity contribution in [1.29, 1.82) is 0 Å². The highest BCUT2D eigenvalue weighted by atomic mass is 15.4. The van der Waals surface area contributed by atoms with E-state index in [4.69, 9.17) is 0 Å². The first-order chi connectivity index (χ1) is 3.86. The van der Waals surface area contributed by atoms with Crippen LogP contribution in [0.3, 0.4) is 0 Å². The maximum Gasteiger partial charge on any atom is 0.0732 e. The summed E-state index contributed by atoms with van der Waals surface area (Å²) in [6.45, 7) is 4.87. The van der Waals surface area contributed by atoms with E-state index in [1.807, 2.05) is 0 Å². The molecule has 0 aromatic rings. The number of rotatable bonds is 0. The maximum absolute atomic E-state index is 3.48. The van der Waals surface area contributed by atoms with Crippen LogP contribution in [0.15, 0.2) is 0 Å². The fourth-order valence-electron chi connectivity index (χ4n) is 1.35. The predicted molar refractivity (Wildman–Crippen MR) is 32.6 cm³/mol. The molecule has 0 aromatic heterocycles. The predicted octanol–water partition coefficient (Wildman–Crippen LogP) is 0.00990. The molecule has 2 unspecified atom stereocenters. The Labute approximate surface area is 49.9 Å². The van der Waals surface area contributed by atoms with E-state index in [1.54, 1.807) is 0 Å². The SMILES string of the molecule is CC1CCN2C[C@@H]2N1. The van der Waals surface area contributed by atoms with Gasteiger partial charge in [0.15, 0.2) is 0 Å². The minimum atomic E-state index is 0.763. The molecule has 0 aliphatic carbocycles. The van der Waals surface area contributed by atoms with Crippen molar-refractivity contribution in [1.82, 2.24) is 10.2 Å². The molecule has 46 valence electrons. The molecule has 0 radical (unpaired) electrons. The van der Waals surface area contributed by atoms with Gasteiger partial charge in [-0.1, -0.05) is 0 Å². The Hall–Kier alpha value is -0.0800. The van der Waals surface area contributed by atoms with Crippen LogP contribution in [0, 0.1) is 0 Å². The lowest BCUT2D eigenvalue weighted by atomic mass is 10.2. The summed E-state index contributed by atoms with van der Waals surface area (Å²) in [5, 5.41) is 3.48. The van der Waals surface area contributed by atoms with Crippen LogP contribution in [-0.4, -0.2) is 30.2 Å². The standard InChI is InChI=1S/C6H12N2/c1-5-2-3-8-4-6(8)7-5/h5-7H,2-4H2,1H3/t5?,6-,8?/m1/s1. The van der Waals surface area contributed by atoms with E-state index in [-0.39, 0.29) is 0 Å². The smallest absolute Gasteiger partial charge is 0.0732 e. The third kappa shape index (κ3) is 0.644. The minimum Gasteiger partial charge on any atom is -0.298 e. The Kier molecular flexibility index (Phi) is 0.866. The Bertz CT molecular complexity index is 103. The average Bonchev–Trinajstić information content (AvgIpc) is 2.43. The van der Waals surface area contributed by atoms with E-state index < -0.39 is 0 Å². The summed E-state index contributed by atoms with van der Waals surface area (Å²) in [6.07, 6.45) is 2.09. The first kappa shape index (κ1) is 4.77. The molecule has 1 N–H and O–H groups in total. The lowest BCUT2D eigenvalue weighted by Crippen LogP contribution is -2.37. The zero-order valence-electron chi connectivity index (χ0n) is 5.22. The van der Waals surface area contributed by atoms with Crippen molar-refractivity contribution < 1.29 is 0 Å². The Morgan fingerprint density at radius 1 is 1.62 bits per heavy atom. The number of nitrogens with zero attached hydrogens (tertiary/aromatic N) is 1. The van der Waals surface area contributed by atoms with Crippen molar-refractivity contribution in [2.75, 3.05) is 13.1 Å². The van der Waals surface area contributed by atoms with Crippen LogP contribution in [0.1, 0.15) is 13.3 Å². The Morgan fingerprint density at radius 2 is 2.50 bits per heavy atom. The van der Waals surface area contributed by atoms with E-state index in [0.717, 1.165) is 12.2 Å². The van der Waals surface area contributed by atoms with Crippen LogP contribution in [0.4, 0.5) is 0 Å². The third-order valence-electron chi connectivity index (χ3n) is 2.04. The lowest BCUT2D eigenvalue weighted by Gasteiger charge is -2.18. The van der Waals surface area contributed by atoms with Crippen LogP contribution >= 0.6 is 0 Å².